The number of nitrogens with one attached hydrogen (secondary N) is 1. The van der Waals surface area contributed by atoms with E-state index in [-0.39, 0.29) is 35.0 Å². The number of epoxide rings is 2. The molecule has 3 aliphatic rings. The minimum atomic E-state index is -0.495. The predicted molar refractivity (Wildman–Crippen MR) is 141 cm³/mol. The Labute approximate surface area is 216 Å². The van der Waals surface area contributed by atoms with Gasteiger partial charge in [-0.05, 0) is 62.8 Å². The zero-order chi connectivity index (χ0) is 26.0. The molecular weight excluding hydrogens is 452 g/mol. The first-order valence-corrected chi connectivity index (χ1v) is 13.8. The highest BCUT2D eigenvalue weighted by Crippen LogP contribution is 2.58. The van der Waals surface area contributed by atoms with Gasteiger partial charge in [-0.2, -0.15) is 0 Å². The highest BCUT2D eigenvalue weighted by atomic mass is 16.6. The molecule has 6 nitrogen and oxygen atoms in total. The number of pyridine rings is 1. The average Bonchev–Trinajstić information content (AvgIpc) is 3.74. The molecule has 1 aromatic heterocycles. The number of Topliss-reactive ketones (excluding diaryl/α,β-unsaturated/α-hetero) is 1. The minimum absolute atomic E-state index is 0.0183. The summed E-state index contributed by atoms with van der Waals surface area (Å²) in [5.41, 5.74) is 0.908. The Bertz CT molecular complexity index is 970. The first kappa shape index (κ1) is 27.0. The van der Waals surface area contributed by atoms with E-state index in [4.69, 9.17) is 9.47 Å². The molecule has 5 unspecified atom stereocenters. The van der Waals surface area contributed by atoms with Crippen LogP contribution in [-0.2, 0) is 19.1 Å². The van der Waals surface area contributed by atoms with Crippen molar-refractivity contribution in [3.63, 3.8) is 0 Å². The van der Waals surface area contributed by atoms with Gasteiger partial charge in [-0.15, -0.1) is 0 Å². The van der Waals surface area contributed by atoms with Crippen LogP contribution in [0.1, 0.15) is 98.1 Å². The molecule has 6 heteroatoms. The number of aromatic nitrogens is 1. The molecule has 0 saturated carbocycles. The molecule has 1 aromatic rings. The van der Waals surface area contributed by atoms with Crippen molar-refractivity contribution in [2.75, 3.05) is 6.61 Å². The van der Waals surface area contributed by atoms with Gasteiger partial charge in [0.2, 0.25) is 5.91 Å². The lowest BCUT2D eigenvalue weighted by molar-refractivity contribution is -0.128. The fourth-order valence-corrected chi connectivity index (χ4v) is 5.77. The minimum Gasteiger partial charge on any atom is -0.373 e. The summed E-state index contributed by atoms with van der Waals surface area (Å²) in [6, 6.07) is 5.67. The number of ether oxygens (including phenoxy) is 2. The van der Waals surface area contributed by atoms with Crippen molar-refractivity contribution >= 4 is 17.8 Å². The molecule has 198 valence electrons. The fraction of sp³-hybridized carbons (Fsp3) is 0.700. The number of carbonyl (C=O) groups is 2. The van der Waals surface area contributed by atoms with E-state index in [2.05, 4.69) is 37.1 Å². The average molecular weight is 497 g/mol. The highest BCUT2D eigenvalue weighted by Gasteiger charge is 2.67. The third kappa shape index (κ3) is 6.63. The van der Waals surface area contributed by atoms with Gasteiger partial charge in [0.25, 0.3) is 0 Å². The molecule has 0 aromatic carbocycles. The van der Waals surface area contributed by atoms with Crippen LogP contribution in [0.5, 0.6) is 0 Å². The monoisotopic (exact) mass is 496 g/mol. The second-order valence-corrected chi connectivity index (χ2v) is 12.3. The van der Waals surface area contributed by atoms with Gasteiger partial charge in [0, 0.05) is 37.3 Å². The van der Waals surface area contributed by atoms with Crippen LogP contribution in [0, 0.1) is 11.3 Å². The summed E-state index contributed by atoms with van der Waals surface area (Å²) in [6.07, 6.45) is 11.2. The summed E-state index contributed by atoms with van der Waals surface area (Å²) >= 11 is 0. The molecule has 4 rings (SSSR count). The van der Waals surface area contributed by atoms with E-state index in [0.29, 0.717) is 31.6 Å². The number of fused-ring (bicyclic) bond motifs is 1. The van der Waals surface area contributed by atoms with E-state index in [1.54, 1.807) is 6.20 Å². The number of carbonyl (C=O) groups excluding carboxylic acids is 2. The van der Waals surface area contributed by atoms with Gasteiger partial charge in [0.15, 0.2) is 0 Å². The molecule has 5 atom stereocenters. The summed E-state index contributed by atoms with van der Waals surface area (Å²) in [4.78, 5) is 30.6. The van der Waals surface area contributed by atoms with Crippen molar-refractivity contribution in [3.8, 4) is 0 Å². The summed E-state index contributed by atoms with van der Waals surface area (Å²) in [5, 5.41) is 3.30. The van der Waals surface area contributed by atoms with Crippen molar-refractivity contribution in [1.29, 1.82) is 0 Å². The maximum atomic E-state index is 13.2. The van der Waals surface area contributed by atoms with Crippen LogP contribution in [0.15, 0.2) is 30.0 Å². The van der Waals surface area contributed by atoms with Crippen LogP contribution in [0.2, 0.25) is 0 Å². The van der Waals surface area contributed by atoms with Crippen molar-refractivity contribution in [2.45, 2.75) is 116 Å². The van der Waals surface area contributed by atoms with Crippen molar-refractivity contribution < 1.29 is 19.1 Å². The number of hydrogen-bond donors (Lipinski definition) is 1. The molecular formula is C30H44N2O4. The normalized spacial score (nSPS) is 36.0. The maximum absolute atomic E-state index is 13.2. The van der Waals surface area contributed by atoms with Crippen molar-refractivity contribution in [1.82, 2.24) is 10.3 Å². The van der Waals surface area contributed by atoms with Gasteiger partial charge in [-0.3, -0.25) is 14.6 Å². The summed E-state index contributed by atoms with van der Waals surface area (Å²) in [6.45, 7) is 11.3. The molecule has 36 heavy (non-hydrogen) atoms. The first-order chi connectivity index (χ1) is 17.0. The molecule has 0 spiro atoms. The number of ketones is 1. The molecule has 3 fully saturated rings. The molecule has 0 radical (unpaired) electrons. The van der Waals surface area contributed by atoms with Crippen LogP contribution < -0.4 is 5.32 Å². The lowest BCUT2D eigenvalue weighted by Gasteiger charge is -2.28. The van der Waals surface area contributed by atoms with Gasteiger partial charge < -0.3 is 14.8 Å². The first-order valence-electron chi connectivity index (χ1n) is 13.8. The van der Waals surface area contributed by atoms with E-state index in [1.807, 2.05) is 32.0 Å². The molecule has 3 saturated heterocycles. The van der Waals surface area contributed by atoms with E-state index >= 15 is 0 Å². The Morgan fingerprint density at radius 2 is 1.94 bits per heavy atom. The molecule has 1 N–H and O–H groups in total. The molecule has 0 aliphatic carbocycles. The lowest BCUT2D eigenvalue weighted by atomic mass is 9.78. The smallest absolute Gasteiger partial charge is 0.220 e. The zero-order valence-electron chi connectivity index (χ0n) is 22.8. The van der Waals surface area contributed by atoms with Gasteiger partial charge in [-0.1, -0.05) is 39.7 Å². The van der Waals surface area contributed by atoms with E-state index < -0.39 is 5.41 Å². The van der Waals surface area contributed by atoms with E-state index in [9.17, 15) is 9.59 Å². The lowest BCUT2D eigenvalue weighted by Crippen LogP contribution is -2.42. The Morgan fingerprint density at radius 3 is 2.64 bits per heavy atom. The van der Waals surface area contributed by atoms with Crippen LogP contribution in [0.25, 0.3) is 6.08 Å². The Hall–Kier alpha value is -2.05. The van der Waals surface area contributed by atoms with E-state index in [1.165, 1.54) is 0 Å². The zero-order valence-corrected chi connectivity index (χ0v) is 22.8. The van der Waals surface area contributed by atoms with Gasteiger partial charge >= 0.3 is 0 Å². The number of rotatable bonds is 4. The molecule has 3 aliphatic heterocycles. The number of hydrogen-bond acceptors (Lipinski definition) is 5. The summed E-state index contributed by atoms with van der Waals surface area (Å²) in [5.74, 6) is 0.744. The molecule has 4 heterocycles. The number of amides is 1. The molecule has 0 bridgehead atoms. The highest BCUT2D eigenvalue weighted by molar-refractivity contribution is 5.85. The van der Waals surface area contributed by atoms with Gasteiger partial charge in [0.05, 0.1) is 30.0 Å². The number of nitrogens with zero attached hydrogens (tertiary/aromatic N) is 1. The van der Waals surface area contributed by atoms with E-state index in [0.717, 1.165) is 50.0 Å². The summed E-state index contributed by atoms with van der Waals surface area (Å²) < 4.78 is 12.2. The largest absolute Gasteiger partial charge is 0.373 e. The summed E-state index contributed by atoms with van der Waals surface area (Å²) in [7, 11) is 0. The third-order valence-corrected chi connectivity index (χ3v) is 8.73. The quantitative estimate of drug-likeness (QED) is 0.545. The molecule has 1 amide bonds. The second kappa shape index (κ2) is 10.7. The van der Waals surface area contributed by atoms with Gasteiger partial charge in [-0.25, -0.2) is 0 Å². The Morgan fingerprint density at radius 1 is 1.17 bits per heavy atom. The van der Waals surface area contributed by atoms with Crippen molar-refractivity contribution in [3.05, 3.63) is 35.7 Å². The Kier molecular flexibility index (Phi) is 8.06. The Balaban J connectivity index is 1.59. The SMILES string of the molecule is CC(=Cc1ccccn1)C1CC2(CC3CO3)OC2(C)CCCC(C)CCC(=O)C(C)(C)CCC(=O)N1. The topological polar surface area (TPSA) is 84.1 Å². The predicted octanol–water partition coefficient (Wildman–Crippen LogP) is 5.65. The van der Waals surface area contributed by atoms with Gasteiger partial charge in [0.1, 0.15) is 11.4 Å². The third-order valence-electron chi connectivity index (χ3n) is 8.73. The van der Waals surface area contributed by atoms with Crippen LogP contribution >= 0.6 is 0 Å². The maximum Gasteiger partial charge on any atom is 0.220 e. The second-order valence-electron chi connectivity index (χ2n) is 12.3. The standard InChI is InChI=1S/C30H44N2O4/c1-21-9-8-14-29(5)30(36-29,18-24-20-35-24)19-25(22(2)17-23-10-6-7-16-31-23)32-27(34)13-15-28(3,4)26(33)12-11-21/h6-7,10,16-17,21,24-25H,8-9,11-15,18-20H2,1-5H3,(H,32,34). The fourth-order valence-electron chi connectivity index (χ4n) is 5.77. The van der Waals surface area contributed by atoms with Crippen LogP contribution in [0.3, 0.4) is 0 Å². The van der Waals surface area contributed by atoms with Crippen molar-refractivity contribution in [2.24, 2.45) is 11.3 Å². The van der Waals surface area contributed by atoms with Crippen LogP contribution in [-0.4, -0.2) is 46.6 Å². The van der Waals surface area contributed by atoms with Crippen LogP contribution in [0.4, 0.5) is 0 Å².